The second-order valence-corrected chi connectivity index (χ2v) is 28.0. The molecule has 15 aromatic rings. The Morgan fingerprint density at radius 3 is 1.04 bits per heavy atom. The van der Waals surface area contributed by atoms with Gasteiger partial charge in [0.2, 0.25) is 0 Å². The van der Waals surface area contributed by atoms with E-state index in [0.29, 0.717) is 0 Å². The molecule has 4 aliphatic carbocycles. The lowest BCUT2D eigenvalue weighted by Crippen LogP contribution is -2.26. The van der Waals surface area contributed by atoms with Gasteiger partial charge in [-0.25, -0.2) is 0 Å². The van der Waals surface area contributed by atoms with E-state index in [1.54, 1.807) is 0 Å². The molecule has 0 atom stereocenters. The first-order chi connectivity index (χ1) is 43.6. The zero-order valence-corrected chi connectivity index (χ0v) is 51.4. The predicted octanol–water partition coefficient (Wildman–Crippen LogP) is 24.0. The van der Waals surface area contributed by atoms with Crippen molar-refractivity contribution in [3.8, 4) is 55.6 Å². The first kappa shape index (κ1) is 51.0. The summed E-state index contributed by atoms with van der Waals surface area (Å²) in [6, 6.07) is 107. The van der Waals surface area contributed by atoms with Gasteiger partial charge in [0.25, 0.3) is 0 Å². The highest BCUT2D eigenvalue weighted by Crippen LogP contribution is 2.65. The largest absolute Gasteiger partial charge is 0.310 e. The number of hydrogen-bond donors (Lipinski definition) is 0. The molecule has 4 heteroatoms. The molecule has 0 unspecified atom stereocenters. The molecule has 19 rings (SSSR count). The number of benzene rings is 13. The summed E-state index contributed by atoms with van der Waals surface area (Å²) in [5, 5.41) is 5.14. The van der Waals surface area contributed by atoms with Crippen molar-refractivity contribution in [3.05, 3.63) is 324 Å². The van der Waals surface area contributed by atoms with Gasteiger partial charge in [-0.05, 0) is 179 Å². The van der Waals surface area contributed by atoms with Gasteiger partial charge in [0.05, 0.1) is 5.41 Å². The Morgan fingerprint density at radius 1 is 0.236 bits per heavy atom. The fraction of sp³-hybridized carbons (Fsp3) is 0.0824. The van der Waals surface area contributed by atoms with Gasteiger partial charge in [-0.3, -0.25) is 0 Å². The maximum absolute atomic E-state index is 2.57. The maximum atomic E-state index is 2.57. The Bertz CT molecular complexity index is 5250. The topological polar surface area (TPSA) is 6.48 Å². The van der Waals surface area contributed by atoms with Gasteiger partial charge in [-0.2, -0.15) is 0 Å². The lowest BCUT2D eigenvalue weighted by atomic mass is 9.68. The third-order valence-corrected chi connectivity index (χ3v) is 22.9. The molecule has 0 amide bonds. The minimum absolute atomic E-state index is 0.221. The summed E-state index contributed by atoms with van der Waals surface area (Å²) < 4.78 is 5.11. The van der Waals surface area contributed by atoms with Crippen LogP contribution in [0.5, 0.6) is 0 Å². The standard InChI is InChI=1S/C85H58N2S2/c1-83(2)71-29-12-5-20-59(71)64-40-36-52(47-76(64)83)86(54-38-42-68-66-25-10-17-34-78(66)88-80(68)49-54)56-44-51(58-27-19-28-70-63-24-9-16-33-75(63)85(82(58)70)73-31-14-7-22-61(73)62-23-8-15-32-74(62)85)45-57(46-56)87(55-39-43-69-67-26-11-18-35-79(67)89-81(69)50-55)53-37-41-65-60-21-6-13-30-72(60)84(3,4)77(65)48-53/h5-50H,1-4H3. The smallest absolute Gasteiger partial charge is 0.0731 e. The normalized spacial score (nSPS) is 14.6. The van der Waals surface area contributed by atoms with Crippen LogP contribution < -0.4 is 9.80 Å². The Morgan fingerprint density at radius 2 is 0.573 bits per heavy atom. The van der Waals surface area contributed by atoms with Crippen molar-refractivity contribution in [2.24, 2.45) is 0 Å². The molecular weight excluding hydrogens is 1110 g/mol. The number of rotatable bonds is 7. The highest BCUT2D eigenvalue weighted by atomic mass is 32.1. The van der Waals surface area contributed by atoms with Gasteiger partial charge in [0.15, 0.2) is 0 Å². The lowest BCUT2D eigenvalue weighted by Gasteiger charge is -2.34. The Kier molecular flexibility index (Phi) is 10.6. The molecule has 2 heterocycles. The number of hydrogen-bond acceptors (Lipinski definition) is 4. The average Bonchev–Trinajstić information content (AvgIpc) is 1.51. The number of nitrogens with zero attached hydrogens (tertiary/aromatic N) is 2. The maximum Gasteiger partial charge on any atom is 0.0731 e. The van der Waals surface area contributed by atoms with Crippen LogP contribution in [0.2, 0.25) is 0 Å². The minimum atomic E-state index is -0.579. The number of fused-ring (bicyclic) bond motifs is 22. The van der Waals surface area contributed by atoms with Crippen molar-refractivity contribution in [1.82, 2.24) is 0 Å². The van der Waals surface area contributed by atoms with Crippen LogP contribution in [0.25, 0.3) is 96.0 Å². The third-order valence-electron chi connectivity index (χ3n) is 20.6. The van der Waals surface area contributed by atoms with Crippen LogP contribution in [-0.2, 0) is 16.2 Å². The van der Waals surface area contributed by atoms with Crippen molar-refractivity contribution < 1.29 is 0 Å². The predicted molar refractivity (Wildman–Crippen MR) is 378 cm³/mol. The summed E-state index contributed by atoms with van der Waals surface area (Å²) in [7, 11) is 0. The van der Waals surface area contributed by atoms with Crippen LogP contribution in [0.1, 0.15) is 72.2 Å². The molecule has 1 spiro atoms. The lowest BCUT2D eigenvalue weighted by molar-refractivity contribution is 0.660. The van der Waals surface area contributed by atoms with E-state index in [4.69, 9.17) is 0 Å². The molecule has 0 saturated heterocycles. The molecule has 0 bridgehead atoms. The summed E-state index contributed by atoms with van der Waals surface area (Å²) in [4.78, 5) is 5.14. The second kappa shape index (κ2) is 18.5. The van der Waals surface area contributed by atoms with Gasteiger partial charge in [0, 0.05) is 85.3 Å². The summed E-state index contributed by atoms with van der Waals surface area (Å²) in [6.45, 7) is 9.61. The summed E-state index contributed by atoms with van der Waals surface area (Å²) >= 11 is 3.76. The molecule has 0 aliphatic heterocycles. The molecule has 89 heavy (non-hydrogen) atoms. The molecule has 2 nitrogen and oxygen atoms in total. The van der Waals surface area contributed by atoms with E-state index in [1.807, 2.05) is 22.7 Å². The Labute approximate surface area is 526 Å². The van der Waals surface area contributed by atoms with Crippen LogP contribution in [-0.4, -0.2) is 0 Å². The van der Waals surface area contributed by atoms with Gasteiger partial charge in [0.1, 0.15) is 0 Å². The van der Waals surface area contributed by atoms with E-state index >= 15 is 0 Å². The van der Waals surface area contributed by atoms with Gasteiger partial charge in [-0.1, -0.05) is 228 Å². The second-order valence-electron chi connectivity index (χ2n) is 25.9. The van der Waals surface area contributed by atoms with E-state index in [0.717, 1.165) is 39.7 Å². The zero-order valence-electron chi connectivity index (χ0n) is 49.8. The molecule has 0 radical (unpaired) electrons. The van der Waals surface area contributed by atoms with Crippen LogP contribution >= 0.6 is 22.7 Å². The monoisotopic (exact) mass is 1170 g/mol. The minimum Gasteiger partial charge on any atom is -0.310 e. The van der Waals surface area contributed by atoms with Gasteiger partial charge in [-0.15, -0.1) is 22.7 Å². The molecule has 2 aromatic heterocycles. The highest BCUT2D eigenvalue weighted by molar-refractivity contribution is 7.26. The van der Waals surface area contributed by atoms with Crippen molar-refractivity contribution >= 4 is 97.1 Å². The van der Waals surface area contributed by atoms with E-state index in [1.165, 1.54) is 135 Å². The van der Waals surface area contributed by atoms with Gasteiger partial charge < -0.3 is 9.80 Å². The highest BCUT2D eigenvalue weighted by Gasteiger charge is 2.53. The molecule has 420 valence electrons. The van der Waals surface area contributed by atoms with Crippen molar-refractivity contribution in [3.63, 3.8) is 0 Å². The number of anilines is 6. The molecule has 0 N–H and O–H groups in total. The SMILES string of the molecule is CC1(C)c2ccccc2-c2ccc(N(c3cc(-c4cccc5c4C4(c6ccccc6-c6ccccc64)c4ccccc4-5)cc(N(c4ccc5c(c4)C(C)(C)c4ccccc4-5)c4ccc5c(c4)sc4ccccc45)c3)c3ccc4c(c3)sc3ccccc34)cc21. The summed E-state index contributed by atoms with van der Waals surface area (Å²) in [5.74, 6) is 0. The van der Waals surface area contributed by atoms with Crippen LogP contribution in [0.3, 0.4) is 0 Å². The first-order valence-electron chi connectivity index (χ1n) is 31.1. The van der Waals surface area contributed by atoms with Crippen molar-refractivity contribution in [1.29, 1.82) is 0 Å². The average molecular weight is 1170 g/mol. The fourth-order valence-corrected chi connectivity index (χ4v) is 18.9. The Hall–Kier alpha value is -10.1. The van der Waals surface area contributed by atoms with E-state index in [2.05, 4.69) is 317 Å². The van der Waals surface area contributed by atoms with E-state index < -0.39 is 5.41 Å². The van der Waals surface area contributed by atoms with Gasteiger partial charge >= 0.3 is 0 Å². The quantitative estimate of drug-likeness (QED) is 0.157. The molecule has 13 aromatic carbocycles. The molecule has 4 aliphatic rings. The van der Waals surface area contributed by atoms with E-state index in [-0.39, 0.29) is 10.8 Å². The molecular formula is C85H58N2S2. The first-order valence-corrected chi connectivity index (χ1v) is 32.8. The van der Waals surface area contributed by atoms with Crippen molar-refractivity contribution in [2.45, 2.75) is 43.9 Å². The van der Waals surface area contributed by atoms with Crippen LogP contribution in [0.15, 0.2) is 279 Å². The fourth-order valence-electron chi connectivity index (χ4n) is 16.7. The van der Waals surface area contributed by atoms with E-state index in [9.17, 15) is 0 Å². The summed E-state index contributed by atoms with van der Waals surface area (Å²) in [6.07, 6.45) is 0. The molecule has 0 fully saturated rings. The third kappa shape index (κ3) is 7.02. The zero-order chi connectivity index (χ0) is 59.1. The van der Waals surface area contributed by atoms with Crippen LogP contribution in [0, 0.1) is 0 Å². The number of thiophene rings is 2. The Balaban J connectivity index is 0.927. The summed E-state index contributed by atoms with van der Waals surface area (Å²) in [5.41, 5.74) is 29.0. The van der Waals surface area contributed by atoms with Crippen LogP contribution in [0.4, 0.5) is 34.1 Å². The van der Waals surface area contributed by atoms with Crippen molar-refractivity contribution in [2.75, 3.05) is 9.80 Å². The molecule has 0 saturated carbocycles.